The molecule has 0 aliphatic heterocycles. The zero-order chi connectivity index (χ0) is 19.6. The maximum atomic E-state index is 12.2. The van der Waals surface area contributed by atoms with Crippen LogP contribution in [0.25, 0.3) is 0 Å². The molecule has 0 aromatic heterocycles. The zero-order valence-electron chi connectivity index (χ0n) is 15.4. The molecule has 2 atom stereocenters. The molecule has 148 valence electrons. The van der Waals surface area contributed by atoms with E-state index in [2.05, 4.69) is 35.2 Å². The first-order valence-electron chi connectivity index (χ1n) is 8.61. The Morgan fingerprint density at radius 3 is 2.35 bits per heavy atom. The number of nitrogens with zero attached hydrogens (tertiary/aromatic N) is 1. The summed E-state index contributed by atoms with van der Waals surface area (Å²) in [5, 5.41) is 10.8. The summed E-state index contributed by atoms with van der Waals surface area (Å²) < 4.78 is 13.3. The Balaban J connectivity index is 4.25. The molecule has 3 amide bonds. The van der Waals surface area contributed by atoms with Gasteiger partial charge in [0.05, 0.1) is 6.61 Å². The Bertz CT molecular complexity index is 455. The maximum absolute atomic E-state index is 12.2. The van der Waals surface area contributed by atoms with Crippen molar-refractivity contribution < 1.29 is 23.9 Å². The number of nitrogens with one attached hydrogen (secondary N) is 4. The summed E-state index contributed by atoms with van der Waals surface area (Å²) in [5.41, 5.74) is 0. The van der Waals surface area contributed by atoms with E-state index in [-0.39, 0.29) is 12.5 Å². The van der Waals surface area contributed by atoms with E-state index in [0.29, 0.717) is 45.5 Å². The first kappa shape index (κ1) is 24.1. The molecule has 0 saturated heterocycles. The molecule has 0 aromatic rings. The van der Waals surface area contributed by atoms with E-state index in [1.54, 1.807) is 13.8 Å². The quantitative estimate of drug-likeness (QED) is 0.204. The van der Waals surface area contributed by atoms with E-state index in [4.69, 9.17) is 9.47 Å². The fourth-order valence-electron chi connectivity index (χ4n) is 1.93. The van der Waals surface area contributed by atoms with E-state index in [1.165, 1.54) is 7.21 Å². The third-order valence-corrected chi connectivity index (χ3v) is 3.23. The van der Waals surface area contributed by atoms with Gasteiger partial charge in [0.15, 0.2) is 0 Å². The molecule has 10 nitrogen and oxygen atoms in total. The van der Waals surface area contributed by atoms with Gasteiger partial charge in [0, 0.05) is 0 Å². The van der Waals surface area contributed by atoms with Crippen molar-refractivity contribution in [3.05, 3.63) is 0 Å². The number of ether oxygens (including phenoxy) is 2. The average molecular weight is 389 g/mol. The topological polar surface area (TPSA) is 130 Å². The van der Waals surface area contributed by atoms with Gasteiger partial charge in [-0.25, -0.2) is 4.79 Å². The van der Waals surface area contributed by atoms with E-state index in [9.17, 15) is 14.4 Å². The van der Waals surface area contributed by atoms with Crippen molar-refractivity contribution in [1.29, 1.82) is 0 Å². The molecule has 26 heavy (non-hydrogen) atoms. The third-order valence-electron chi connectivity index (χ3n) is 3.08. The minimum absolute atomic E-state index is 0.224. The summed E-state index contributed by atoms with van der Waals surface area (Å²) in [6.45, 7) is 5.30. The van der Waals surface area contributed by atoms with Crippen LogP contribution in [0, 0.1) is 0 Å². The molecule has 0 heterocycles. The van der Waals surface area contributed by atoms with E-state index < -0.39 is 18.2 Å². The van der Waals surface area contributed by atoms with Crippen LogP contribution in [0.2, 0.25) is 0 Å². The second-order valence-corrected chi connectivity index (χ2v) is 5.38. The van der Waals surface area contributed by atoms with Crippen LogP contribution in [0.5, 0.6) is 0 Å². The van der Waals surface area contributed by atoms with Gasteiger partial charge < -0.3 is 4.74 Å². The summed E-state index contributed by atoms with van der Waals surface area (Å²) in [7, 11) is 3.69. The number of unbranched alkanes of at least 4 members (excludes halogenated alkanes) is 1. The molecule has 2 unspecified atom stereocenters. The van der Waals surface area contributed by atoms with Crippen LogP contribution in [0.3, 0.4) is 0 Å². The number of rotatable bonds is 13. The van der Waals surface area contributed by atoms with Crippen LogP contribution >= 0.6 is 9.39 Å². The SMILES string of the molecule is CCOC(=O)NCCCCC(NC(=O)OCC)C(=O)NCCNB=NP. The van der Waals surface area contributed by atoms with Gasteiger partial charge in [-0.2, -0.15) is 0 Å². The van der Waals surface area contributed by atoms with Gasteiger partial charge in [-0.1, -0.05) is 0 Å². The molecular weight excluding hydrogens is 360 g/mol. The van der Waals surface area contributed by atoms with Gasteiger partial charge in [0.2, 0.25) is 0 Å². The Morgan fingerprint density at radius 1 is 1.00 bits per heavy atom. The van der Waals surface area contributed by atoms with Crippen molar-refractivity contribution in [2.45, 2.75) is 39.2 Å². The van der Waals surface area contributed by atoms with Gasteiger partial charge in [-0.3, -0.25) is 0 Å². The Kier molecular flexibility index (Phi) is 15.4. The molecule has 0 rings (SSSR count). The molecule has 12 heteroatoms. The number of carbonyl (C=O) groups is 3. The zero-order valence-corrected chi connectivity index (χ0v) is 16.5. The number of hydrogen-bond donors (Lipinski definition) is 4. The molecule has 0 fully saturated rings. The molecule has 0 aliphatic carbocycles. The number of alkyl carbamates (subject to hydrolysis) is 2. The van der Waals surface area contributed by atoms with Gasteiger partial charge in [0.1, 0.15) is 0 Å². The normalized spacial score (nSPS) is 11.2. The number of amides is 3. The van der Waals surface area contributed by atoms with Crippen molar-refractivity contribution in [1.82, 2.24) is 21.2 Å². The van der Waals surface area contributed by atoms with E-state index in [1.807, 2.05) is 0 Å². The first-order chi connectivity index (χ1) is 12.5. The molecule has 0 radical (unpaired) electrons. The molecule has 0 saturated carbocycles. The van der Waals surface area contributed by atoms with Crippen LogP contribution < -0.4 is 21.2 Å². The second-order valence-electron chi connectivity index (χ2n) is 5.08. The van der Waals surface area contributed by atoms with Crippen molar-refractivity contribution in [3.8, 4) is 0 Å². The fraction of sp³-hybridized carbons (Fsp3) is 0.786. The number of carbonyl (C=O) groups excluding carboxylic acids is 3. The monoisotopic (exact) mass is 389 g/mol. The molecule has 0 spiro atoms. The minimum atomic E-state index is -0.702. The fourth-order valence-corrected chi connectivity index (χ4v) is 2.03. The summed E-state index contributed by atoms with van der Waals surface area (Å²) in [6, 6.07) is -0.702. The van der Waals surface area contributed by atoms with Gasteiger partial charge in [0.25, 0.3) is 0 Å². The molecule has 4 N–H and O–H groups in total. The second kappa shape index (κ2) is 16.6. The average Bonchev–Trinajstić information content (AvgIpc) is 2.60. The Hall–Kier alpha value is -1.90. The standard InChI is InChI=1S/C14H29BN5O5P/c1-3-24-13(22)17-8-6-5-7-11(19-14(23)25-4-2)12(21)16-9-10-18-15-20-26/h11,18H,3-10,26H2,1-2H3,(H,16,21)(H,17,22)(H,19,23). The van der Waals surface area contributed by atoms with Crippen LogP contribution in [0.1, 0.15) is 33.1 Å². The molecule has 0 aromatic carbocycles. The Labute approximate surface area is 157 Å². The third kappa shape index (κ3) is 13.4. The molecular formula is C14H29BN5O5P. The van der Waals surface area contributed by atoms with Crippen LogP contribution in [0.15, 0.2) is 4.67 Å². The van der Waals surface area contributed by atoms with E-state index >= 15 is 0 Å². The first-order valence-corrected chi connectivity index (χ1v) is 9.13. The van der Waals surface area contributed by atoms with Crippen LogP contribution in [0.4, 0.5) is 9.59 Å². The van der Waals surface area contributed by atoms with Gasteiger partial charge in [-0.15, -0.1) is 0 Å². The predicted molar refractivity (Wildman–Crippen MR) is 102 cm³/mol. The molecule has 0 bridgehead atoms. The van der Waals surface area contributed by atoms with Crippen molar-refractivity contribution in [3.63, 3.8) is 0 Å². The summed E-state index contributed by atoms with van der Waals surface area (Å²) in [5.74, 6) is -0.291. The van der Waals surface area contributed by atoms with Crippen molar-refractivity contribution in [2.24, 2.45) is 4.67 Å². The number of hydrogen-bond acceptors (Lipinski definition) is 6. The van der Waals surface area contributed by atoms with Crippen LogP contribution in [-0.4, -0.2) is 64.2 Å². The van der Waals surface area contributed by atoms with E-state index in [0.717, 1.165) is 0 Å². The summed E-state index contributed by atoms with van der Waals surface area (Å²) >= 11 is 0. The van der Waals surface area contributed by atoms with Crippen molar-refractivity contribution in [2.75, 3.05) is 32.8 Å². The van der Waals surface area contributed by atoms with Gasteiger partial charge in [-0.05, 0) is 6.92 Å². The predicted octanol–water partition coefficient (Wildman–Crippen LogP) is 0.316. The van der Waals surface area contributed by atoms with Gasteiger partial charge >= 0.3 is 133 Å². The summed E-state index contributed by atoms with van der Waals surface area (Å²) in [6.07, 6.45) is 0.614. The Morgan fingerprint density at radius 2 is 1.69 bits per heavy atom. The summed E-state index contributed by atoms with van der Waals surface area (Å²) in [4.78, 5) is 35.0. The van der Waals surface area contributed by atoms with Crippen LogP contribution in [-0.2, 0) is 14.3 Å². The van der Waals surface area contributed by atoms with Crippen molar-refractivity contribution >= 4 is 34.7 Å². The molecule has 0 aliphatic rings.